The first-order chi connectivity index (χ1) is 8.56. The van der Waals surface area contributed by atoms with Gasteiger partial charge in [0.25, 0.3) is 0 Å². The Labute approximate surface area is 122 Å². The maximum absolute atomic E-state index is 13.5. The van der Waals surface area contributed by atoms with Crippen LogP contribution in [-0.2, 0) is 6.54 Å². The van der Waals surface area contributed by atoms with Crippen molar-refractivity contribution in [3.05, 3.63) is 56.5 Å². The van der Waals surface area contributed by atoms with Crippen LogP contribution in [0.5, 0.6) is 0 Å². The fourth-order valence-corrected chi connectivity index (χ4v) is 2.16. The molecule has 2 aromatic rings. The summed E-state index contributed by atoms with van der Waals surface area (Å²) in [5, 5.41) is 3.15. The molecular formula is C13H11Br2FN2. The van der Waals surface area contributed by atoms with E-state index in [4.69, 9.17) is 0 Å². The Bertz CT molecular complexity index is 573. The van der Waals surface area contributed by atoms with E-state index in [1.54, 1.807) is 18.3 Å². The van der Waals surface area contributed by atoms with Crippen LogP contribution in [0.15, 0.2) is 39.5 Å². The fourth-order valence-electron chi connectivity index (χ4n) is 1.53. The van der Waals surface area contributed by atoms with E-state index in [9.17, 15) is 4.39 Å². The molecule has 0 radical (unpaired) electrons. The molecular weight excluding hydrogens is 363 g/mol. The quantitative estimate of drug-likeness (QED) is 0.791. The van der Waals surface area contributed by atoms with Gasteiger partial charge in [-0.15, -0.1) is 0 Å². The van der Waals surface area contributed by atoms with Gasteiger partial charge in [0.15, 0.2) is 0 Å². The Morgan fingerprint density at radius 1 is 1.28 bits per heavy atom. The minimum atomic E-state index is -0.215. The number of aromatic nitrogens is 1. The number of hydrogen-bond acceptors (Lipinski definition) is 2. The maximum atomic E-state index is 13.5. The summed E-state index contributed by atoms with van der Waals surface area (Å²) in [7, 11) is 0. The first-order valence-corrected chi connectivity index (χ1v) is 6.95. The number of nitrogens with zero attached hydrogens (tertiary/aromatic N) is 1. The van der Waals surface area contributed by atoms with Crippen molar-refractivity contribution in [1.82, 2.24) is 4.98 Å². The molecule has 0 saturated heterocycles. The number of pyridine rings is 1. The van der Waals surface area contributed by atoms with Crippen molar-refractivity contribution in [3.8, 4) is 0 Å². The molecule has 1 N–H and O–H groups in total. The summed E-state index contributed by atoms with van der Waals surface area (Å²) in [5.74, 6) is -0.215. The van der Waals surface area contributed by atoms with E-state index in [0.29, 0.717) is 12.1 Å². The number of halogens is 3. The normalized spacial score (nSPS) is 10.4. The zero-order valence-electron chi connectivity index (χ0n) is 9.67. The van der Waals surface area contributed by atoms with E-state index in [-0.39, 0.29) is 5.82 Å². The second-order valence-electron chi connectivity index (χ2n) is 3.92. The van der Waals surface area contributed by atoms with Crippen LogP contribution in [0.25, 0.3) is 0 Å². The molecule has 1 aromatic carbocycles. The second kappa shape index (κ2) is 5.80. The van der Waals surface area contributed by atoms with Crippen molar-refractivity contribution >= 4 is 37.5 Å². The number of anilines is 1. The van der Waals surface area contributed by atoms with Gasteiger partial charge in [-0.2, -0.15) is 0 Å². The molecule has 1 aromatic heterocycles. The first kappa shape index (κ1) is 13.5. The van der Waals surface area contributed by atoms with E-state index in [0.717, 1.165) is 20.3 Å². The maximum Gasteiger partial charge on any atom is 0.128 e. The Balaban J connectivity index is 2.11. The van der Waals surface area contributed by atoms with E-state index in [1.165, 1.54) is 6.07 Å². The van der Waals surface area contributed by atoms with Crippen molar-refractivity contribution in [2.24, 2.45) is 0 Å². The predicted molar refractivity (Wildman–Crippen MR) is 78.1 cm³/mol. The van der Waals surface area contributed by atoms with E-state index >= 15 is 0 Å². The molecule has 2 nitrogen and oxygen atoms in total. The summed E-state index contributed by atoms with van der Waals surface area (Å²) in [6, 6.07) is 6.87. The molecule has 0 unspecified atom stereocenters. The molecule has 0 aliphatic carbocycles. The van der Waals surface area contributed by atoms with Crippen LogP contribution in [0.3, 0.4) is 0 Å². The van der Waals surface area contributed by atoms with Crippen LogP contribution in [0.4, 0.5) is 10.1 Å². The average Bonchev–Trinajstić information content (AvgIpc) is 2.34. The fraction of sp³-hybridized carbons (Fsp3) is 0.154. The van der Waals surface area contributed by atoms with Crippen LogP contribution in [0.2, 0.25) is 0 Å². The van der Waals surface area contributed by atoms with Crippen LogP contribution < -0.4 is 5.32 Å². The van der Waals surface area contributed by atoms with E-state index < -0.39 is 0 Å². The summed E-state index contributed by atoms with van der Waals surface area (Å²) in [6.07, 6.45) is 1.72. The molecule has 0 spiro atoms. The third-order valence-electron chi connectivity index (χ3n) is 2.51. The van der Waals surface area contributed by atoms with Gasteiger partial charge >= 0.3 is 0 Å². The minimum Gasteiger partial charge on any atom is -0.380 e. The highest BCUT2D eigenvalue weighted by Gasteiger charge is 2.03. The van der Waals surface area contributed by atoms with Gasteiger partial charge in [0.2, 0.25) is 0 Å². The summed E-state index contributed by atoms with van der Waals surface area (Å²) in [6.45, 7) is 2.38. The molecule has 5 heteroatoms. The summed E-state index contributed by atoms with van der Waals surface area (Å²) < 4.78 is 15.2. The van der Waals surface area contributed by atoms with Crippen molar-refractivity contribution in [2.45, 2.75) is 13.5 Å². The first-order valence-electron chi connectivity index (χ1n) is 5.36. The summed E-state index contributed by atoms with van der Waals surface area (Å²) in [4.78, 5) is 4.18. The monoisotopic (exact) mass is 372 g/mol. The zero-order valence-corrected chi connectivity index (χ0v) is 12.8. The lowest BCUT2D eigenvalue weighted by Gasteiger charge is -2.09. The molecule has 0 aliphatic rings. The molecule has 0 bridgehead atoms. The van der Waals surface area contributed by atoms with Crippen LogP contribution in [-0.4, -0.2) is 4.98 Å². The van der Waals surface area contributed by atoms with Gasteiger partial charge in [0.05, 0.1) is 11.9 Å². The lowest BCUT2D eigenvalue weighted by molar-refractivity contribution is 0.612. The molecule has 0 saturated carbocycles. The van der Waals surface area contributed by atoms with E-state index in [2.05, 4.69) is 42.2 Å². The van der Waals surface area contributed by atoms with Gasteiger partial charge in [-0.25, -0.2) is 9.37 Å². The van der Waals surface area contributed by atoms with Gasteiger partial charge in [0, 0.05) is 16.6 Å². The highest BCUT2D eigenvalue weighted by atomic mass is 79.9. The molecule has 94 valence electrons. The van der Waals surface area contributed by atoms with Gasteiger partial charge < -0.3 is 5.32 Å². The largest absolute Gasteiger partial charge is 0.380 e. The summed E-state index contributed by atoms with van der Waals surface area (Å²) in [5.41, 5.74) is 2.52. The van der Waals surface area contributed by atoms with Crippen LogP contribution in [0, 0.1) is 12.7 Å². The molecule has 0 aliphatic heterocycles. The number of benzene rings is 1. The number of hydrogen-bond donors (Lipinski definition) is 1. The Morgan fingerprint density at radius 2 is 2.06 bits per heavy atom. The number of nitrogens with one attached hydrogen (secondary N) is 1. The van der Waals surface area contributed by atoms with Crippen molar-refractivity contribution in [1.29, 1.82) is 0 Å². The average molecular weight is 374 g/mol. The van der Waals surface area contributed by atoms with E-state index in [1.807, 2.05) is 13.0 Å². The highest BCUT2D eigenvalue weighted by molar-refractivity contribution is 9.10. The number of aryl methyl sites for hydroxylation is 1. The second-order valence-corrected chi connectivity index (χ2v) is 5.59. The zero-order chi connectivity index (χ0) is 13.1. The van der Waals surface area contributed by atoms with Crippen molar-refractivity contribution < 1.29 is 4.39 Å². The molecule has 0 fully saturated rings. The third kappa shape index (κ3) is 3.29. The van der Waals surface area contributed by atoms with Crippen LogP contribution >= 0.6 is 31.9 Å². The van der Waals surface area contributed by atoms with Gasteiger partial charge in [-0.1, -0.05) is 15.9 Å². The molecule has 18 heavy (non-hydrogen) atoms. The lowest BCUT2D eigenvalue weighted by atomic mass is 10.2. The lowest BCUT2D eigenvalue weighted by Crippen LogP contribution is -2.02. The standard InChI is InChI=1S/C13H11Br2FN2/c1-8-4-11(7-18-13(8)15)17-6-9-5-10(14)2-3-12(9)16/h2-5,7,17H,6H2,1H3. The van der Waals surface area contributed by atoms with Crippen molar-refractivity contribution in [3.63, 3.8) is 0 Å². The Kier molecular flexibility index (Phi) is 4.35. The molecule has 0 atom stereocenters. The number of rotatable bonds is 3. The Morgan fingerprint density at radius 3 is 2.78 bits per heavy atom. The van der Waals surface area contributed by atoms with Crippen molar-refractivity contribution in [2.75, 3.05) is 5.32 Å². The molecule has 1 heterocycles. The summed E-state index contributed by atoms with van der Waals surface area (Å²) >= 11 is 6.67. The molecule has 0 amide bonds. The van der Waals surface area contributed by atoms with Crippen LogP contribution in [0.1, 0.15) is 11.1 Å². The SMILES string of the molecule is Cc1cc(NCc2cc(Br)ccc2F)cnc1Br. The van der Waals surface area contributed by atoms with Gasteiger partial charge in [-0.05, 0) is 52.7 Å². The third-order valence-corrected chi connectivity index (χ3v) is 3.83. The highest BCUT2D eigenvalue weighted by Crippen LogP contribution is 2.19. The van der Waals surface area contributed by atoms with Gasteiger partial charge in [-0.3, -0.25) is 0 Å². The molecule has 2 rings (SSSR count). The smallest absolute Gasteiger partial charge is 0.128 e. The Hall–Kier alpha value is -0.940. The topological polar surface area (TPSA) is 24.9 Å². The van der Waals surface area contributed by atoms with Gasteiger partial charge in [0.1, 0.15) is 10.4 Å². The predicted octanol–water partition coefficient (Wildman–Crippen LogP) is 4.67. The minimum absolute atomic E-state index is 0.215.